The van der Waals surface area contributed by atoms with Crippen LogP contribution >= 0.6 is 22.9 Å². The fourth-order valence-electron chi connectivity index (χ4n) is 1.95. The van der Waals surface area contributed by atoms with E-state index in [1.165, 1.54) is 11.3 Å². The Bertz CT molecular complexity index is 689. The van der Waals surface area contributed by atoms with Crippen LogP contribution in [0.15, 0.2) is 24.3 Å². The van der Waals surface area contributed by atoms with Crippen molar-refractivity contribution < 1.29 is 9.59 Å². The predicted molar refractivity (Wildman–Crippen MR) is 87.6 cm³/mol. The van der Waals surface area contributed by atoms with E-state index in [2.05, 4.69) is 5.32 Å². The van der Waals surface area contributed by atoms with Crippen molar-refractivity contribution in [2.75, 3.05) is 5.32 Å². The molecule has 0 radical (unpaired) electrons. The molecule has 5 heteroatoms. The zero-order valence-corrected chi connectivity index (χ0v) is 13.7. The lowest BCUT2D eigenvalue weighted by Crippen LogP contribution is -2.12. The second-order valence-electron chi connectivity index (χ2n) is 4.73. The van der Waals surface area contributed by atoms with Gasteiger partial charge in [0.1, 0.15) is 5.00 Å². The minimum absolute atomic E-state index is 0.0959. The van der Waals surface area contributed by atoms with E-state index in [0.717, 1.165) is 10.4 Å². The van der Waals surface area contributed by atoms with Gasteiger partial charge in [0.25, 0.3) is 0 Å². The summed E-state index contributed by atoms with van der Waals surface area (Å²) in [6.45, 7) is 5.63. The van der Waals surface area contributed by atoms with E-state index < -0.39 is 0 Å². The minimum atomic E-state index is -0.0973. The van der Waals surface area contributed by atoms with Crippen LogP contribution in [-0.4, -0.2) is 11.7 Å². The first-order chi connectivity index (χ1) is 9.93. The maximum Gasteiger partial charge on any atom is 0.224 e. The van der Waals surface area contributed by atoms with Gasteiger partial charge < -0.3 is 5.32 Å². The predicted octanol–water partition coefficient (Wildman–Crippen LogP) is 4.60. The first-order valence-corrected chi connectivity index (χ1v) is 7.83. The lowest BCUT2D eigenvalue weighted by atomic mass is 10.0. The second kappa shape index (κ2) is 6.41. The number of anilines is 1. The van der Waals surface area contributed by atoms with Crippen LogP contribution in [0.2, 0.25) is 5.02 Å². The summed E-state index contributed by atoms with van der Waals surface area (Å²) in [6, 6.07) is 6.77. The molecule has 1 N–H and O–H groups in total. The van der Waals surface area contributed by atoms with Gasteiger partial charge in [0.2, 0.25) is 5.91 Å². The molecule has 21 heavy (non-hydrogen) atoms. The summed E-state index contributed by atoms with van der Waals surface area (Å²) in [5, 5.41) is 4.03. The van der Waals surface area contributed by atoms with Crippen molar-refractivity contribution in [3.8, 4) is 0 Å². The molecule has 1 aromatic heterocycles. The molecule has 0 spiro atoms. The fraction of sp³-hybridized carbons (Fsp3) is 0.250. The van der Waals surface area contributed by atoms with E-state index >= 15 is 0 Å². The molecule has 1 heterocycles. The number of thiophene rings is 1. The van der Waals surface area contributed by atoms with Crippen LogP contribution in [0.5, 0.6) is 0 Å². The molecule has 0 saturated heterocycles. The molecule has 0 saturated carbocycles. The number of carbonyl (C=O) groups excluding carboxylic acids is 2. The Morgan fingerprint density at radius 2 is 1.81 bits per heavy atom. The molecule has 1 aromatic carbocycles. The number of amides is 1. The van der Waals surface area contributed by atoms with Gasteiger partial charge in [0.05, 0.1) is 5.56 Å². The summed E-state index contributed by atoms with van der Waals surface area (Å²) >= 11 is 7.28. The highest BCUT2D eigenvalue weighted by molar-refractivity contribution is 7.16. The minimum Gasteiger partial charge on any atom is -0.317 e. The number of benzene rings is 1. The standard InChI is InChI=1S/C16H16ClNO2S/c1-4-13(19)18-16-14(9(2)10(3)21-16)15(20)11-5-7-12(17)8-6-11/h5-8H,4H2,1-3H3,(H,18,19). The van der Waals surface area contributed by atoms with E-state index in [-0.39, 0.29) is 11.7 Å². The van der Waals surface area contributed by atoms with Gasteiger partial charge in [-0.3, -0.25) is 9.59 Å². The van der Waals surface area contributed by atoms with Gasteiger partial charge in [0, 0.05) is 21.9 Å². The summed E-state index contributed by atoms with van der Waals surface area (Å²) in [7, 11) is 0. The monoisotopic (exact) mass is 321 g/mol. The van der Waals surface area contributed by atoms with E-state index in [0.29, 0.717) is 27.6 Å². The molecule has 0 bridgehead atoms. The van der Waals surface area contributed by atoms with Crippen LogP contribution in [-0.2, 0) is 4.79 Å². The number of carbonyl (C=O) groups is 2. The van der Waals surface area contributed by atoms with E-state index in [9.17, 15) is 9.59 Å². The van der Waals surface area contributed by atoms with Gasteiger partial charge >= 0.3 is 0 Å². The van der Waals surface area contributed by atoms with Gasteiger partial charge in [-0.05, 0) is 43.7 Å². The number of rotatable bonds is 4. The Balaban J connectivity index is 2.44. The van der Waals surface area contributed by atoms with Crippen molar-refractivity contribution in [3.05, 3.63) is 50.9 Å². The molecule has 2 aromatic rings. The molecule has 3 nitrogen and oxygen atoms in total. The van der Waals surface area contributed by atoms with E-state index in [1.54, 1.807) is 31.2 Å². The summed E-state index contributed by atoms with van der Waals surface area (Å²) in [5.41, 5.74) is 2.04. The SMILES string of the molecule is CCC(=O)Nc1sc(C)c(C)c1C(=O)c1ccc(Cl)cc1. The number of hydrogen-bond donors (Lipinski definition) is 1. The first-order valence-electron chi connectivity index (χ1n) is 6.64. The average Bonchev–Trinajstić information content (AvgIpc) is 2.73. The van der Waals surface area contributed by atoms with Gasteiger partial charge in [-0.2, -0.15) is 0 Å². The van der Waals surface area contributed by atoms with Gasteiger partial charge in [-0.15, -0.1) is 11.3 Å². The molecule has 110 valence electrons. The Kier molecular flexibility index (Phi) is 4.80. The third-order valence-electron chi connectivity index (χ3n) is 3.29. The largest absolute Gasteiger partial charge is 0.317 e. The van der Waals surface area contributed by atoms with Crippen molar-refractivity contribution in [3.63, 3.8) is 0 Å². The van der Waals surface area contributed by atoms with Gasteiger partial charge in [0.15, 0.2) is 5.78 Å². The Morgan fingerprint density at radius 3 is 2.38 bits per heavy atom. The summed E-state index contributed by atoms with van der Waals surface area (Å²) in [4.78, 5) is 25.3. The first kappa shape index (κ1) is 15.7. The van der Waals surface area contributed by atoms with Crippen LogP contribution < -0.4 is 5.32 Å². The van der Waals surface area contributed by atoms with Gasteiger partial charge in [-0.25, -0.2) is 0 Å². The van der Waals surface area contributed by atoms with Crippen molar-refractivity contribution >= 4 is 39.6 Å². The molecule has 0 fully saturated rings. The number of aryl methyl sites for hydroxylation is 1. The molecule has 1 amide bonds. The highest BCUT2D eigenvalue weighted by Gasteiger charge is 2.21. The molecule has 0 aliphatic carbocycles. The van der Waals surface area contributed by atoms with Gasteiger partial charge in [-0.1, -0.05) is 18.5 Å². The highest BCUT2D eigenvalue weighted by atomic mass is 35.5. The quantitative estimate of drug-likeness (QED) is 0.837. The van der Waals surface area contributed by atoms with Crippen LogP contribution in [0.3, 0.4) is 0 Å². The molecule has 0 aliphatic heterocycles. The number of hydrogen-bond acceptors (Lipinski definition) is 3. The summed E-state index contributed by atoms with van der Waals surface area (Å²) in [6.07, 6.45) is 0.380. The number of nitrogens with one attached hydrogen (secondary N) is 1. The van der Waals surface area contributed by atoms with Crippen molar-refractivity contribution in [1.82, 2.24) is 0 Å². The van der Waals surface area contributed by atoms with Crippen molar-refractivity contribution in [2.24, 2.45) is 0 Å². The topological polar surface area (TPSA) is 46.2 Å². The van der Waals surface area contributed by atoms with Crippen LogP contribution in [0.4, 0.5) is 5.00 Å². The van der Waals surface area contributed by atoms with E-state index in [4.69, 9.17) is 11.6 Å². The second-order valence-corrected chi connectivity index (χ2v) is 6.39. The Hall–Kier alpha value is -1.65. The fourth-order valence-corrected chi connectivity index (χ4v) is 3.15. The van der Waals surface area contributed by atoms with Crippen molar-refractivity contribution in [1.29, 1.82) is 0 Å². The van der Waals surface area contributed by atoms with Crippen LogP contribution in [0.25, 0.3) is 0 Å². The maximum absolute atomic E-state index is 12.7. The normalized spacial score (nSPS) is 10.5. The van der Waals surface area contributed by atoms with E-state index in [1.807, 2.05) is 13.8 Å². The molecular formula is C16H16ClNO2S. The molecule has 0 aliphatic rings. The van der Waals surface area contributed by atoms with Crippen LogP contribution in [0.1, 0.15) is 39.7 Å². The average molecular weight is 322 g/mol. The summed E-state index contributed by atoms with van der Waals surface area (Å²) < 4.78 is 0. The zero-order chi connectivity index (χ0) is 15.6. The Morgan fingerprint density at radius 1 is 1.19 bits per heavy atom. The molecular weight excluding hydrogens is 306 g/mol. The molecule has 0 unspecified atom stereocenters. The zero-order valence-electron chi connectivity index (χ0n) is 12.1. The highest BCUT2D eigenvalue weighted by Crippen LogP contribution is 2.34. The Labute approximate surface area is 132 Å². The third kappa shape index (κ3) is 3.34. The molecule has 0 atom stereocenters. The summed E-state index contributed by atoms with van der Waals surface area (Å²) in [5.74, 6) is -0.193. The number of halogens is 1. The lowest BCUT2D eigenvalue weighted by Gasteiger charge is -2.06. The lowest BCUT2D eigenvalue weighted by molar-refractivity contribution is -0.115. The van der Waals surface area contributed by atoms with Crippen molar-refractivity contribution in [2.45, 2.75) is 27.2 Å². The van der Waals surface area contributed by atoms with Crippen LogP contribution in [0, 0.1) is 13.8 Å². The smallest absolute Gasteiger partial charge is 0.224 e. The molecule has 2 rings (SSSR count). The maximum atomic E-state index is 12.7. The number of ketones is 1. The third-order valence-corrected chi connectivity index (χ3v) is 4.67.